The number of esters is 2. The molecule has 0 radical (unpaired) electrons. The number of hydrogen-bond acceptors (Lipinski definition) is 9. The van der Waals surface area contributed by atoms with Crippen molar-refractivity contribution in [3.8, 4) is 28.7 Å². The van der Waals surface area contributed by atoms with Crippen LogP contribution in [0.1, 0.15) is 31.8 Å². The van der Waals surface area contributed by atoms with E-state index < -0.39 is 17.8 Å². The Morgan fingerprint density at radius 1 is 0.705 bits per heavy atom. The molecule has 0 unspecified atom stereocenters. The van der Waals surface area contributed by atoms with Gasteiger partial charge in [-0.05, 0) is 60.7 Å². The Hall–Kier alpha value is -5.61. The number of hydrazone groups is 1. The summed E-state index contributed by atoms with van der Waals surface area (Å²) >= 11 is 5.86. The molecule has 0 saturated heterocycles. The molecule has 0 bridgehead atoms. The van der Waals surface area contributed by atoms with Crippen LogP contribution in [0.25, 0.3) is 6.08 Å². The number of ether oxygens (including phenoxy) is 5. The SMILES string of the molecule is COc1cc(C(=O)Oc2ccccc2/C=C/C(=O)Oc2ccccc2/C=N/NC(=O)c2ccc(Cl)cc2)cc(OC)c1OC. The number of carbonyl (C=O) groups excluding carboxylic acids is 3. The fourth-order valence-corrected chi connectivity index (χ4v) is 4.00. The lowest BCUT2D eigenvalue weighted by Gasteiger charge is -2.14. The normalized spacial score (nSPS) is 10.8. The van der Waals surface area contributed by atoms with Crippen molar-refractivity contribution < 1.29 is 38.1 Å². The van der Waals surface area contributed by atoms with Crippen molar-refractivity contribution in [2.45, 2.75) is 0 Å². The van der Waals surface area contributed by atoms with E-state index in [9.17, 15) is 14.4 Å². The number of nitrogens with zero attached hydrogens (tertiary/aromatic N) is 1. The van der Waals surface area contributed by atoms with Gasteiger partial charge < -0.3 is 23.7 Å². The third kappa shape index (κ3) is 8.02. The first-order valence-electron chi connectivity index (χ1n) is 13.0. The second kappa shape index (κ2) is 15.0. The third-order valence-electron chi connectivity index (χ3n) is 6.03. The first-order chi connectivity index (χ1) is 21.3. The van der Waals surface area contributed by atoms with Gasteiger partial charge in [-0.3, -0.25) is 4.79 Å². The number of rotatable bonds is 11. The molecular formula is C33H27ClN2O8. The Morgan fingerprint density at radius 2 is 1.30 bits per heavy atom. The first kappa shape index (κ1) is 31.3. The van der Waals surface area contributed by atoms with Crippen molar-refractivity contribution in [1.82, 2.24) is 5.43 Å². The molecule has 224 valence electrons. The van der Waals surface area contributed by atoms with Gasteiger partial charge in [0.05, 0.1) is 33.1 Å². The molecule has 0 saturated carbocycles. The average Bonchev–Trinajstić information content (AvgIpc) is 3.04. The summed E-state index contributed by atoms with van der Waals surface area (Å²) in [6.45, 7) is 0. The van der Waals surface area contributed by atoms with Gasteiger partial charge >= 0.3 is 11.9 Å². The summed E-state index contributed by atoms with van der Waals surface area (Å²) in [5.41, 5.74) is 3.86. The molecule has 0 aliphatic carbocycles. The highest BCUT2D eigenvalue weighted by molar-refractivity contribution is 6.30. The summed E-state index contributed by atoms with van der Waals surface area (Å²) in [4.78, 5) is 38.0. The summed E-state index contributed by atoms with van der Waals surface area (Å²) in [5.74, 6) is -0.448. The van der Waals surface area contributed by atoms with Crippen LogP contribution in [-0.4, -0.2) is 45.4 Å². The number of amides is 1. The lowest BCUT2D eigenvalue weighted by atomic mass is 10.1. The molecule has 0 aliphatic heterocycles. The number of carbonyl (C=O) groups is 3. The molecule has 4 rings (SSSR count). The van der Waals surface area contributed by atoms with Crippen LogP contribution in [0.5, 0.6) is 28.7 Å². The summed E-state index contributed by atoms with van der Waals surface area (Å²) in [6.07, 6.45) is 4.02. The standard InChI is InChI=1S/C33H27ClN2O8/c1-40-28-18-24(19-29(41-2)31(28)42-3)33(39)44-26-10-6-4-8-21(26)14-17-30(37)43-27-11-7-5-9-23(27)20-35-36-32(38)22-12-15-25(34)16-13-22/h4-20H,1-3H3,(H,36,38)/b17-14+,35-20+. The average molecular weight is 615 g/mol. The first-order valence-corrected chi connectivity index (χ1v) is 13.4. The molecule has 4 aromatic carbocycles. The second-order valence-electron chi connectivity index (χ2n) is 8.84. The van der Waals surface area contributed by atoms with Gasteiger partial charge in [0.25, 0.3) is 5.91 Å². The largest absolute Gasteiger partial charge is 0.493 e. The Morgan fingerprint density at radius 3 is 1.91 bits per heavy atom. The second-order valence-corrected chi connectivity index (χ2v) is 9.28. The molecule has 0 fully saturated rings. The lowest BCUT2D eigenvalue weighted by Crippen LogP contribution is -2.17. The number of benzene rings is 4. The monoisotopic (exact) mass is 614 g/mol. The highest BCUT2D eigenvalue weighted by Crippen LogP contribution is 2.38. The highest BCUT2D eigenvalue weighted by Gasteiger charge is 2.19. The molecule has 4 aromatic rings. The van der Waals surface area contributed by atoms with Crippen molar-refractivity contribution in [3.05, 3.63) is 118 Å². The van der Waals surface area contributed by atoms with E-state index in [0.29, 0.717) is 39.0 Å². The Labute approximate surface area is 258 Å². The zero-order chi connectivity index (χ0) is 31.5. The maximum Gasteiger partial charge on any atom is 0.343 e. The zero-order valence-corrected chi connectivity index (χ0v) is 24.7. The lowest BCUT2D eigenvalue weighted by molar-refractivity contribution is -0.128. The van der Waals surface area contributed by atoms with Crippen LogP contribution in [0.2, 0.25) is 5.02 Å². The van der Waals surface area contributed by atoms with Gasteiger partial charge in [0.1, 0.15) is 11.5 Å². The van der Waals surface area contributed by atoms with Crippen molar-refractivity contribution in [2.75, 3.05) is 21.3 Å². The van der Waals surface area contributed by atoms with Crippen LogP contribution in [0.15, 0.2) is 96.1 Å². The van der Waals surface area contributed by atoms with E-state index in [4.69, 9.17) is 35.3 Å². The van der Waals surface area contributed by atoms with E-state index in [1.165, 1.54) is 51.8 Å². The maximum atomic E-state index is 13.0. The molecule has 0 aliphatic rings. The summed E-state index contributed by atoms with van der Waals surface area (Å²) in [7, 11) is 4.34. The molecule has 0 spiro atoms. The molecule has 0 heterocycles. The predicted molar refractivity (Wildman–Crippen MR) is 165 cm³/mol. The number of nitrogens with one attached hydrogen (secondary N) is 1. The number of halogens is 1. The molecule has 10 nitrogen and oxygen atoms in total. The van der Waals surface area contributed by atoms with Crippen molar-refractivity contribution in [1.29, 1.82) is 0 Å². The van der Waals surface area contributed by atoms with E-state index in [1.54, 1.807) is 72.8 Å². The molecule has 1 amide bonds. The van der Waals surface area contributed by atoms with E-state index in [-0.39, 0.29) is 17.1 Å². The molecule has 11 heteroatoms. The Balaban J connectivity index is 1.44. The fourth-order valence-electron chi connectivity index (χ4n) is 3.88. The van der Waals surface area contributed by atoms with Gasteiger partial charge in [-0.2, -0.15) is 5.10 Å². The number of hydrogen-bond donors (Lipinski definition) is 1. The minimum atomic E-state index is -0.693. The Kier molecular flexibility index (Phi) is 10.7. The quantitative estimate of drug-likeness (QED) is 0.0721. The third-order valence-corrected chi connectivity index (χ3v) is 6.28. The van der Waals surface area contributed by atoms with Crippen LogP contribution in [0.3, 0.4) is 0 Å². The summed E-state index contributed by atoms with van der Waals surface area (Å²) in [6, 6.07) is 22.6. The fraction of sp³-hybridized carbons (Fsp3) is 0.0909. The molecule has 1 N–H and O–H groups in total. The highest BCUT2D eigenvalue weighted by atomic mass is 35.5. The minimum absolute atomic E-state index is 0.167. The van der Waals surface area contributed by atoms with E-state index >= 15 is 0 Å². The van der Waals surface area contributed by atoms with Crippen LogP contribution in [0.4, 0.5) is 0 Å². The minimum Gasteiger partial charge on any atom is -0.493 e. The zero-order valence-electron chi connectivity index (χ0n) is 23.9. The van der Waals surface area contributed by atoms with Crippen LogP contribution >= 0.6 is 11.6 Å². The van der Waals surface area contributed by atoms with Crippen LogP contribution in [-0.2, 0) is 4.79 Å². The van der Waals surface area contributed by atoms with Crippen molar-refractivity contribution in [2.24, 2.45) is 5.10 Å². The Bertz CT molecular complexity index is 1690. The van der Waals surface area contributed by atoms with Gasteiger partial charge in [0.2, 0.25) is 5.75 Å². The molecule has 0 aromatic heterocycles. The predicted octanol–water partition coefficient (Wildman–Crippen LogP) is 5.97. The number of para-hydroxylation sites is 2. The van der Waals surface area contributed by atoms with Gasteiger partial charge in [0.15, 0.2) is 11.5 Å². The smallest absolute Gasteiger partial charge is 0.343 e. The van der Waals surface area contributed by atoms with E-state index in [1.807, 2.05) is 0 Å². The molecule has 44 heavy (non-hydrogen) atoms. The summed E-state index contributed by atoms with van der Waals surface area (Å²) in [5, 5.41) is 4.47. The molecule has 0 atom stereocenters. The van der Waals surface area contributed by atoms with Gasteiger partial charge in [-0.25, -0.2) is 15.0 Å². The van der Waals surface area contributed by atoms with Gasteiger partial charge in [-0.1, -0.05) is 41.9 Å². The van der Waals surface area contributed by atoms with Crippen LogP contribution in [0, 0.1) is 0 Å². The van der Waals surface area contributed by atoms with Gasteiger partial charge in [0, 0.05) is 27.8 Å². The maximum absolute atomic E-state index is 13.0. The topological polar surface area (TPSA) is 122 Å². The molecular weight excluding hydrogens is 588 g/mol. The van der Waals surface area contributed by atoms with Crippen molar-refractivity contribution >= 4 is 41.7 Å². The van der Waals surface area contributed by atoms with Gasteiger partial charge in [-0.15, -0.1) is 0 Å². The van der Waals surface area contributed by atoms with E-state index in [2.05, 4.69) is 10.5 Å². The summed E-state index contributed by atoms with van der Waals surface area (Å²) < 4.78 is 27.0. The van der Waals surface area contributed by atoms with Crippen molar-refractivity contribution in [3.63, 3.8) is 0 Å². The van der Waals surface area contributed by atoms with Crippen LogP contribution < -0.4 is 29.1 Å². The van der Waals surface area contributed by atoms with E-state index in [0.717, 1.165) is 0 Å². The number of methoxy groups -OCH3 is 3.